The number of hydrogen-bond donors (Lipinski definition) is 2. The fraction of sp³-hybridized carbons (Fsp3) is 0.316. The van der Waals surface area contributed by atoms with E-state index in [1.54, 1.807) is 24.3 Å². The quantitative estimate of drug-likeness (QED) is 0.173. The third kappa shape index (κ3) is 8.47. The minimum Gasteiger partial charge on any atom is -0.508 e. The van der Waals surface area contributed by atoms with Gasteiger partial charge in [-0.2, -0.15) is 0 Å². The van der Waals surface area contributed by atoms with Gasteiger partial charge in [0, 0.05) is 21.4 Å². The average molecular weight is 614 g/mol. The van der Waals surface area contributed by atoms with Gasteiger partial charge in [0.25, 0.3) is 0 Å². The molecule has 0 amide bonds. The number of rotatable bonds is 9. The lowest BCUT2D eigenvalue weighted by Gasteiger charge is -2.31. The molecule has 4 aromatic carbocycles. The first-order chi connectivity index (χ1) is 20.7. The number of phenolic OH excluding ortho intramolecular Hbond substituents is 2. The number of phenols is 2. The van der Waals surface area contributed by atoms with E-state index in [9.17, 15) is 10.2 Å². The van der Waals surface area contributed by atoms with Crippen LogP contribution in [0.2, 0.25) is 5.02 Å². The second kappa shape index (κ2) is 15.5. The van der Waals surface area contributed by atoms with Crippen molar-refractivity contribution in [2.24, 2.45) is 5.92 Å². The van der Waals surface area contributed by atoms with Gasteiger partial charge in [-0.15, -0.1) is 0 Å². The van der Waals surface area contributed by atoms with Crippen LogP contribution in [-0.2, 0) is 0 Å². The molecule has 3 unspecified atom stereocenters. The van der Waals surface area contributed by atoms with E-state index in [-0.39, 0.29) is 0 Å². The lowest BCUT2D eigenvalue weighted by molar-refractivity contribution is 0.345. The second-order valence-electron chi connectivity index (χ2n) is 11.5. The molecule has 1 heterocycles. The molecular formula is C38H44ClNO2S. The van der Waals surface area contributed by atoms with Gasteiger partial charge in [-0.1, -0.05) is 99.1 Å². The van der Waals surface area contributed by atoms with E-state index in [1.165, 1.54) is 37.6 Å². The SMILES string of the molecule is CCC(c1ccc(O)cc1)C(CC)C(C)c1ccc(O)cc1.CN(C)CC/C=C1/c2ccccc2Sc2ccc(Cl)cc21. The van der Waals surface area contributed by atoms with Gasteiger partial charge >= 0.3 is 0 Å². The number of fused-ring (bicyclic) bond motifs is 2. The Morgan fingerprint density at radius 2 is 1.37 bits per heavy atom. The standard InChI is InChI=1S/C20H26O2.C18H18ClNS/c1-4-19(14(3)15-6-10-17(21)11-7-15)20(5-2)16-8-12-18(22)13-9-16;1-20(2)11-5-7-14-15-6-3-4-8-17(15)21-18-10-9-13(19)12-16(14)18/h6-14,19-22H,4-5H2,1-3H3;3-4,6-10,12H,5,11H2,1-2H3/b;14-7-. The molecular weight excluding hydrogens is 570 g/mol. The summed E-state index contributed by atoms with van der Waals surface area (Å²) in [4.78, 5) is 4.82. The van der Waals surface area contributed by atoms with E-state index in [1.807, 2.05) is 42.1 Å². The van der Waals surface area contributed by atoms with Crippen molar-refractivity contribution in [2.45, 2.75) is 61.7 Å². The number of nitrogens with zero attached hydrogens (tertiary/aromatic N) is 1. The topological polar surface area (TPSA) is 43.7 Å². The van der Waals surface area contributed by atoms with Crippen LogP contribution in [0.5, 0.6) is 11.5 Å². The van der Waals surface area contributed by atoms with E-state index in [0.717, 1.165) is 30.8 Å². The Kier molecular flexibility index (Phi) is 11.8. The molecule has 1 aliphatic rings. The molecule has 0 aliphatic carbocycles. The van der Waals surface area contributed by atoms with Crippen molar-refractivity contribution in [2.75, 3.05) is 20.6 Å². The van der Waals surface area contributed by atoms with Crippen molar-refractivity contribution in [3.8, 4) is 11.5 Å². The Bertz CT molecular complexity index is 1500. The van der Waals surface area contributed by atoms with Crippen molar-refractivity contribution in [1.29, 1.82) is 0 Å². The van der Waals surface area contributed by atoms with E-state index >= 15 is 0 Å². The summed E-state index contributed by atoms with van der Waals surface area (Å²) in [7, 11) is 4.21. The molecule has 2 N–H and O–H groups in total. The highest BCUT2D eigenvalue weighted by atomic mass is 35.5. The predicted octanol–water partition coefficient (Wildman–Crippen LogP) is 10.6. The average Bonchev–Trinajstić information content (AvgIpc) is 3.00. The summed E-state index contributed by atoms with van der Waals surface area (Å²) in [5, 5.41) is 19.8. The van der Waals surface area contributed by atoms with Gasteiger partial charge in [0.05, 0.1) is 0 Å². The highest BCUT2D eigenvalue weighted by Gasteiger charge is 2.26. The smallest absolute Gasteiger partial charge is 0.115 e. The van der Waals surface area contributed by atoms with Crippen LogP contribution in [0.3, 0.4) is 0 Å². The van der Waals surface area contributed by atoms with Gasteiger partial charge in [0.1, 0.15) is 11.5 Å². The van der Waals surface area contributed by atoms with Crippen molar-refractivity contribution in [3.05, 3.63) is 124 Å². The summed E-state index contributed by atoms with van der Waals surface area (Å²) in [5.74, 6) is 2.05. The Morgan fingerprint density at radius 3 is 1.98 bits per heavy atom. The normalized spacial score (nSPS) is 15.2. The van der Waals surface area contributed by atoms with Crippen molar-refractivity contribution >= 4 is 28.9 Å². The maximum Gasteiger partial charge on any atom is 0.115 e. The van der Waals surface area contributed by atoms with Crippen molar-refractivity contribution in [3.63, 3.8) is 0 Å². The summed E-state index contributed by atoms with van der Waals surface area (Å²) in [5.41, 5.74) is 6.43. The van der Waals surface area contributed by atoms with Crippen molar-refractivity contribution in [1.82, 2.24) is 4.90 Å². The Morgan fingerprint density at radius 1 is 0.767 bits per heavy atom. The largest absolute Gasteiger partial charge is 0.508 e. The fourth-order valence-corrected chi connectivity index (χ4v) is 7.31. The first kappa shape index (κ1) is 32.7. The van der Waals surface area contributed by atoms with Gasteiger partial charge in [-0.3, -0.25) is 0 Å². The van der Waals surface area contributed by atoms with Gasteiger partial charge in [0.2, 0.25) is 0 Å². The van der Waals surface area contributed by atoms with Gasteiger partial charge in [-0.05, 0) is 121 Å². The molecule has 0 saturated heterocycles. The monoisotopic (exact) mass is 613 g/mol. The minimum atomic E-state index is 0.314. The van der Waals surface area contributed by atoms with Crippen LogP contribution in [0.1, 0.15) is 74.1 Å². The first-order valence-corrected chi connectivity index (χ1v) is 16.4. The molecule has 5 rings (SSSR count). The highest BCUT2D eigenvalue weighted by molar-refractivity contribution is 7.99. The molecule has 0 fully saturated rings. The van der Waals surface area contributed by atoms with Crippen LogP contribution in [0.15, 0.2) is 107 Å². The second-order valence-corrected chi connectivity index (χ2v) is 13.0. The van der Waals surface area contributed by atoms with Crippen LogP contribution in [-0.4, -0.2) is 35.8 Å². The zero-order chi connectivity index (χ0) is 30.9. The van der Waals surface area contributed by atoms with Gasteiger partial charge < -0.3 is 15.1 Å². The van der Waals surface area contributed by atoms with Gasteiger partial charge in [0.15, 0.2) is 0 Å². The summed E-state index contributed by atoms with van der Waals surface area (Å²) in [6.45, 7) is 7.78. The van der Waals surface area contributed by atoms with Crippen LogP contribution in [0.25, 0.3) is 5.57 Å². The molecule has 0 aromatic heterocycles. The minimum absolute atomic E-state index is 0.314. The van der Waals surface area contributed by atoms with E-state index in [0.29, 0.717) is 29.3 Å². The van der Waals surface area contributed by atoms with E-state index in [4.69, 9.17) is 11.6 Å². The maximum absolute atomic E-state index is 9.50. The molecule has 0 bridgehead atoms. The maximum atomic E-state index is 9.50. The summed E-state index contributed by atoms with van der Waals surface area (Å²) in [6, 6.07) is 30.0. The number of hydrogen-bond acceptors (Lipinski definition) is 4. The van der Waals surface area contributed by atoms with Crippen LogP contribution < -0.4 is 0 Å². The predicted molar refractivity (Wildman–Crippen MR) is 184 cm³/mol. The fourth-order valence-electron chi connectivity index (χ4n) is 6.05. The number of aromatic hydroxyl groups is 2. The molecule has 5 heteroatoms. The zero-order valence-corrected chi connectivity index (χ0v) is 27.5. The van der Waals surface area contributed by atoms with Crippen LogP contribution in [0.4, 0.5) is 0 Å². The highest BCUT2D eigenvalue weighted by Crippen LogP contribution is 2.46. The lowest BCUT2D eigenvalue weighted by atomic mass is 9.73. The van der Waals surface area contributed by atoms with E-state index < -0.39 is 0 Å². The van der Waals surface area contributed by atoms with Crippen molar-refractivity contribution < 1.29 is 10.2 Å². The van der Waals surface area contributed by atoms with Crippen LogP contribution >= 0.6 is 23.4 Å². The molecule has 4 aromatic rings. The summed E-state index contributed by atoms with van der Waals surface area (Å²) >= 11 is 8.03. The van der Waals surface area contributed by atoms with Gasteiger partial charge in [-0.25, -0.2) is 0 Å². The molecule has 0 spiro atoms. The Labute approximate surface area is 267 Å². The molecule has 3 atom stereocenters. The number of halogens is 1. The number of benzene rings is 4. The molecule has 226 valence electrons. The lowest BCUT2D eigenvalue weighted by Crippen LogP contribution is -2.18. The molecule has 43 heavy (non-hydrogen) atoms. The Balaban J connectivity index is 0.000000197. The zero-order valence-electron chi connectivity index (χ0n) is 25.9. The molecule has 0 radical (unpaired) electrons. The third-order valence-corrected chi connectivity index (χ3v) is 9.75. The van der Waals surface area contributed by atoms with Crippen LogP contribution in [0, 0.1) is 5.92 Å². The van der Waals surface area contributed by atoms with E-state index in [2.05, 4.69) is 82.2 Å². The molecule has 1 aliphatic heterocycles. The molecule has 3 nitrogen and oxygen atoms in total. The third-order valence-electron chi connectivity index (χ3n) is 8.36. The Hall–Kier alpha value is -3.18. The summed E-state index contributed by atoms with van der Waals surface area (Å²) < 4.78 is 0. The molecule has 0 saturated carbocycles. The first-order valence-electron chi connectivity index (χ1n) is 15.2. The summed E-state index contributed by atoms with van der Waals surface area (Å²) in [6.07, 6.45) is 5.55.